The van der Waals surface area contributed by atoms with E-state index in [1.54, 1.807) is 0 Å². The van der Waals surface area contributed by atoms with Crippen molar-refractivity contribution >= 4 is 11.8 Å². The highest BCUT2D eigenvalue weighted by molar-refractivity contribution is 5.58. The van der Waals surface area contributed by atoms with Crippen molar-refractivity contribution in [3.8, 4) is 0 Å². The van der Waals surface area contributed by atoms with E-state index in [4.69, 9.17) is 5.11 Å². The number of hydrogen-bond acceptors (Lipinski definition) is 2. The third-order valence-corrected chi connectivity index (χ3v) is 4.74. The summed E-state index contributed by atoms with van der Waals surface area (Å²) in [6, 6.07) is 8.57. The lowest BCUT2D eigenvalue weighted by Gasteiger charge is -2.30. The molecule has 0 atom stereocenters. The normalized spacial score (nSPS) is 17.5. The number of benzene rings is 1. The zero-order valence-corrected chi connectivity index (χ0v) is 18.7. The fraction of sp³-hybridized carbons (Fsp3) is 0.462. The van der Waals surface area contributed by atoms with Gasteiger partial charge in [0.15, 0.2) is 0 Å². The summed E-state index contributed by atoms with van der Waals surface area (Å²) in [4.78, 5) is 2.18. The molecule has 1 aliphatic rings. The smallest absolute Gasteiger partial charge is 0.0606 e. The third-order valence-electron chi connectivity index (χ3n) is 4.74. The van der Waals surface area contributed by atoms with Crippen molar-refractivity contribution < 1.29 is 5.11 Å². The molecule has 0 spiro atoms. The standard InChI is InChI=1S/C24H33NO.C2H6/c1-5-7-8-21-17-22(19-24(3,4)18-21)10-9-20-11-13-23(14-12-20)25(6-2)15-16-26;1-2/h5,7-14,17,26H,6,15-16,18-19H2,1-4H3;1-2H3/b7-5+,10-9+,21-8-;. The summed E-state index contributed by atoms with van der Waals surface area (Å²) in [6.45, 7) is 14.6. The number of hydrogen-bond donors (Lipinski definition) is 1. The summed E-state index contributed by atoms with van der Waals surface area (Å²) < 4.78 is 0. The maximum absolute atomic E-state index is 9.16. The van der Waals surface area contributed by atoms with Gasteiger partial charge in [0.25, 0.3) is 0 Å². The van der Waals surface area contributed by atoms with Gasteiger partial charge >= 0.3 is 0 Å². The number of likely N-dealkylation sites (N-methyl/N-ethyl adjacent to an activating group) is 1. The number of aliphatic hydroxyl groups is 1. The predicted molar refractivity (Wildman–Crippen MR) is 126 cm³/mol. The molecule has 0 aliphatic heterocycles. The minimum Gasteiger partial charge on any atom is -0.395 e. The summed E-state index contributed by atoms with van der Waals surface area (Å²) in [5.74, 6) is 0. The monoisotopic (exact) mass is 381 g/mol. The van der Waals surface area contributed by atoms with Crippen LogP contribution in [0.4, 0.5) is 5.69 Å². The fourth-order valence-corrected chi connectivity index (χ4v) is 3.53. The molecule has 0 bridgehead atoms. The topological polar surface area (TPSA) is 23.5 Å². The molecule has 1 N–H and O–H groups in total. The highest BCUT2D eigenvalue weighted by Crippen LogP contribution is 2.38. The first-order chi connectivity index (χ1) is 13.5. The molecule has 1 aromatic rings. The van der Waals surface area contributed by atoms with Gasteiger partial charge in [0, 0.05) is 18.8 Å². The molecule has 0 heterocycles. The van der Waals surface area contributed by atoms with E-state index < -0.39 is 0 Å². The first kappa shape index (κ1) is 24.0. The minimum atomic E-state index is 0.183. The van der Waals surface area contributed by atoms with Crippen molar-refractivity contribution in [2.24, 2.45) is 5.41 Å². The molecule has 2 nitrogen and oxygen atoms in total. The van der Waals surface area contributed by atoms with Gasteiger partial charge in [-0.15, -0.1) is 0 Å². The molecule has 0 saturated heterocycles. The first-order valence-electron chi connectivity index (χ1n) is 10.6. The Morgan fingerprint density at radius 2 is 1.75 bits per heavy atom. The van der Waals surface area contributed by atoms with Gasteiger partial charge in [-0.05, 0) is 60.9 Å². The van der Waals surface area contributed by atoms with Crippen molar-refractivity contribution in [2.45, 2.75) is 54.4 Å². The van der Waals surface area contributed by atoms with Gasteiger partial charge in [0.05, 0.1) is 6.61 Å². The van der Waals surface area contributed by atoms with Crippen molar-refractivity contribution in [3.63, 3.8) is 0 Å². The van der Waals surface area contributed by atoms with E-state index in [0.29, 0.717) is 12.0 Å². The Morgan fingerprint density at radius 3 is 2.32 bits per heavy atom. The van der Waals surface area contributed by atoms with Crippen molar-refractivity contribution in [3.05, 3.63) is 71.4 Å². The zero-order chi connectivity index (χ0) is 21.0. The van der Waals surface area contributed by atoms with Crippen molar-refractivity contribution in [2.75, 3.05) is 24.6 Å². The number of allylic oxidation sites excluding steroid dienone is 7. The SMILES string of the molecule is C/C=C/C=C1C=C(/C=C/c2ccc(N(CC)CCO)cc2)CC(C)(C)C/1.CC. The van der Waals surface area contributed by atoms with Crippen LogP contribution in [0.15, 0.2) is 65.8 Å². The molecular formula is C26H39NO. The second-order valence-electron chi connectivity index (χ2n) is 7.73. The van der Waals surface area contributed by atoms with Crippen LogP contribution in [0.25, 0.3) is 6.08 Å². The van der Waals surface area contributed by atoms with Crippen LogP contribution in [0, 0.1) is 5.41 Å². The van der Waals surface area contributed by atoms with E-state index in [-0.39, 0.29) is 6.61 Å². The molecule has 0 aromatic heterocycles. The molecule has 0 unspecified atom stereocenters. The summed E-state index contributed by atoms with van der Waals surface area (Å²) in [7, 11) is 0. The van der Waals surface area contributed by atoms with E-state index >= 15 is 0 Å². The molecule has 0 saturated carbocycles. The second kappa shape index (κ2) is 12.4. The molecule has 28 heavy (non-hydrogen) atoms. The molecule has 2 rings (SSSR count). The van der Waals surface area contributed by atoms with E-state index in [9.17, 15) is 0 Å². The predicted octanol–water partition coefficient (Wildman–Crippen LogP) is 6.79. The summed E-state index contributed by atoms with van der Waals surface area (Å²) >= 11 is 0. The van der Waals surface area contributed by atoms with Gasteiger partial charge in [-0.2, -0.15) is 0 Å². The summed E-state index contributed by atoms with van der Waals surface area (Å²) in [6.07, 6.45) is 15.4. The lowest BCUT2D eigenvalue weighted by molar-refractivity contribution is 0.302. The molecule has 0 fully saturated rings. The molecule has 1 aliphatic carbocycles. The third kappa shape index (κ3) is 7.90. The van der Waals surface area contributed by atoms with Crippen molar-refractivity contribution in [1.82, 2.24) is 0 Å². The second-order valence-corrected chi connectivity index (χ2v) is 7.73. The Labute approximate surface area is 173 Å². The average molecular weight is 382 g/mol. The summed E-state index contributed by atoms with van der Waals surface area (Å²) in [5, 5.41) is 9.16. The Morgan fingerprint density at radius 1 is 1.07 bits per heavy atom. The molecule has 0 radical (unpaired) electrons. The van der Waals surface area contributed by atoms with Gasteiger partial charge in [0.1, 0.15) is 0 Å². The number of aliphatic hydroxyl groups excluding tert-OH is 1. The van der Waals surface area contributed by atoms with Gasteiger partial charge < -0.3 is 10.0 Å². The Bertz CT molecular complexity index is 690. The maximum Gasteiger partial charge on any atom is 0.0606 e. The van der Waals surface area contributed by atoms with Gasteiger partial charge in [-0.3, -0.25) is 0 Å². The number of rotatable bonds is 7. The van der Waals surface area contributed by atoms with Crippen LogP contribution in [0.1, 0.15) is 59.9 Å². The van der Waals surface area contributed by atoms with Crippen molar-refractivity contribution in [1.29, 1.82) is 0 Å². The van der Waals surface area contributed by atoms with Crippen LogP contribution < -0.4 is 4.90 Å². The minimum absolute atomic E-state index is 0.183. The van der Waals surface area contributed by atoms with Crippen LogP contribution in [0.3, 0.4) is 0 Å². The van der Waals surface area contributed by atoms with E-state index in [1.807, 2.05) is 13.8 Å². The highest BCUT2D eigenvalue weighted by atomic mass is 16.3. The molecule has 2 heteroatoms. The maximum atomic E-state index is 9.16. The molecule has 1 aromatic carbocycles. The fourth-order valence-electron chi connectivity index (χ4n) is 3.53. The van der Waals surface area contributed by atoms with Crippen LogP contribution in [0.2, 0.25) is 0 Å². The zero-order valence-electron chi connectivity index (χ0n) is 18.7. The lowest BCUT2D eigenvalue weighted by atomic mass is 9.75. The van der Waals surface area contributed by atoms with Crippen LogP contribution >= 0.6 is 0 Å². The Balaban J connectivity index is 0.00000190. The Hall–Kier alpha value is -2.06. The molecule has 0 amide bonds. The highest BCUT2D eigenvalue weighted by Gasteiger charge is 2.24. The average Bonchev–Trinajstić information content (AvgIpc) is 2.70. The van der Waals surface area contributed by atoms with Crippen LogP contribution in [-0.4, -0.2) is 24.8 Å². The largest absolute Gasteiger partial charge is 0.395 e. The van der Waals surface area contributed by atoms with Gasteiger partial charge in [-0.1, -0.05) is 76.3 Å². The first-order valence-corrected chi connectivity index (χ1v) is 10.6. The number of nitrogens with zero attached hydrogens (tertiary/aromatic N) is 1. The van der Waals surface area contributed by atoms with Crippen LogP contribution in [0.5, 0.6) is 0 Å². The number of anilines is 1. The van der Waals surface area contributed by atoms with Gasteiger partial charge in [0.2, 0.25) is 0 Å². The van der Waals surface area contributed by atoms with E-state index in [2.05, 4.69) is 93.3 Å². The molecular weight excluding hydrogens is 342 g/mol. The lowest BCUT2D eigenvalue weighted by Crippen LogP contribution is -2.25. The van der Waals surface area contributed by atoms with Crippen LogP contribution in [-0.2, 0) is 0 Å². The van der Waals surface area contributed by atoms with E-state index in [1.165, 1.54) is 16.7 Å². The Kier molecular flexibility index (Phi) is 10.6. The summed E-state index contributed by atoms with van der Waals surface area (Å²) in [5.41, 5.74) is 5.45. The molecule has 154 valence electrons. The van der Waals surface area contributed by atoms with E-state index in [0.717, 1.165) is 25.1 Å². The van der Waals surface area contributed by atoms with Gasteiger partial charge in [-0.25, -0.2) is 0 Å². The quantitative estimate of drug-likeness (QED) is 0.562.